The van der Waals surface area contributed by atoms with Gasteiger partial charge in [0.25, 0.3) is 0 Å². The molecule has 2 fully saturated rings. The van der Waals surface area contributed by atoms with E-state index in [1.165, 1.54) is 20.1 Å². The second kappa shape index (κ2) is 15.8. The van der Waals surface area contributed by atoms with E-state index in [-0.39, 0.29) is 0 Å². The number of H-pyrrole nitrogens is 1. The largest absolute Gasteiger partial charge is 0.379 e. The Morgan fingerprint density at radius 3 is 1.84 bits per heavy atom. The highest BCUT2D eigenvalue weighted by atomic mass is 16.5. The molecule has 0 amide bonds. The van der Waals surface area contributed by atoms with Crippen molar-refractivity contribution < 1.29 is 9.65 Å². The number of aryl methyl sites for hydroxylation is 1. The third-order valence-corrected chi connectivity index (χ3v) is 3.44. The zero-order chi connectivity index (χ0) is 18.9. The van der Waals surface area contributed by atoms with E-state index in [9.17, 15) is 0 Å². The van der Waals surface area contributed by atoms with Crippen LogP contribution in [0.5, 0.6) is 0 Å². The number of imidazole rings is 1. The maximum absolute atomic E-state index is 5.10. The van der Waals surface area contributed by atoms with E-state index in [2.05, 4.69) is 44.3 Å². The number of hydrazine groups is 2. The number of nitrogens with zero attached hydrogens (tertiary/aromatic N) is 5. The van der Waals surface area contributed by atoms with Crippen LogP contribution in [0.25, 0.3) is 0 Å². The summed E-state index contributed by atoms with van der Waals surface area (Å²) in [4.78, 5) is 12.0. The summed E-state index contributed by atoms with van der Waals surface area (Å²) in [6, 6.07) is 0. The Morgan fingerprint density at radius 1 is 1.12 bits per heavy atom. The van der Waals surface area contributed by atoms with Crippen molar-refractivity contribution in [1.82, 2.24) is 25.1 Å². The Kier molecular flexibility index (Phi) is 14.7. The number of nitrogens with one attached hydrogen (secondary N) is 2. The van der Waals surface area contributed by atoms with Crippen molar-refractivity contribution in [2.24, 2.45) is 16.8 Å². The number of likely N-dealkylation sites (N-methyl/N-ethyl adjacent to an activating group) is 2. The monoisotopic (exact) mass is 358 g/mol. The summed E-state index contributed by atoms with van der Waals surface area (Å²) in [6.45, 7) is 10.7. The highest BCUT2D eigenvalue weighted by Gasteiger charge is 2.02. The number of morpholine rings is 1. The topological polar surface area (TPSA) is 124 Å². The molecule has 0 bridgehead atoms. The van der Waals surface area contributed by atoms with E-state index >= 15 is 0 Å². The van der Waals surface area contributed by atoms with Crippen LogP contribution in [0.3, 0.4) is 0 Å². The van der Waals surface area contributed by atoms with E-state index < -0.39 is 0 Å². The van der Waals surface area contributed by atoms with Gasteiger partial charge in [0.15, 0.2) is 0 Å². The average molecular weight is 359 g/mol. The molecule has 3 rings (SSSR count). The van der Waals surface area contributed by atoms with Crippen LogP contribution in [0.2, 0.25) is 0 Å². The van der Waals surface area contributed by atoms with Gasteiger partial charge in [0.05, 0.1) is 26.6 Å². The van der Waals surface area contributed by atoms with Crippen LogP contribution in [0.1, 0.15) is 5.69 Å². The first kappa shape index (κ1) is 23.2. The van der Waals surface area contributed by atoms with Crippen LogP contribution < -0.4 is 17.0 Å². The summed E-state index contributed by atoms with van der Waals surface area (Å²) in [5.41, 5.74) is 1.11. The molecule has 10 nitrogen and oxygen atoms in total. The van der Waals surface area contributed by atoms with Crippen molar-refractivity contribution in [2.45, 2.75) is 6.92 Å². The highest BCUT2D eigenvalue weighted by Crippen LogP contribution is 1.89. The first-order chi connectivity index (χ1) is 12.0. The van der Waals surface area contributed by atoms with Crippen molar-refractivity contribution in [3.63, 3.8) is 0 Å². The van der Waals surface area contributed by atoms with Crippen molar-refractivity contribution in [2.75, 3.05) is 73.6 Å². The lowest BCUT2D eigenvalue weighted by molar-refractivity contribution is -0.616. The van der Waals surface area contributed by atoms with E-state index in [0.717, 1.165) is 50.0 Å². The Hall–Kier alpha value is -1.75. The normalized spacial score (nSPS) is 17.6. The molecule has 3 heterocycles. The number of rotatable bonds is 0. The number of hydrogen-bond donors (Lipinski definition) is 4. The predicted octanol–water partition coefficient (Wildman–Crippen LogP) is -0.984. The first-order valence-electron chi connectivity index (χ1n) is 8.45. The lowest BCUT2D eigenvalue weighted by Crippen LogP contribution is -2.40. The molecule has 1 aromatic rings. The van der Waals surface area contributed by atoms with Gasteiger partial charge in [0, 0.05) is 56.3 Å². The van der Waals surface area contributed by atoms with Gasteiger partial charge in [-0.3, -0.25) is 0 Å². The maximum atomic E-state index is 5.10. The molecule has 0 aromatic carbocycles. The molecular weight excluding hydrogens is 322 g/mol. The van der Waals surface area contributed by atoms with Gasteiger partial charge < -0.3 is 24.8 Å². The second-order valence-corrected chi connectivity index (χ2v) is 5.78. The van der Waals surface area contributed by atoms with Crippen molar-refractivity contribution in [1.29, 1.82) is 0 Å². The van der Waals surface area contributed by atoms with Crippen LogP contribution >= 0.6 is 0 Å². The molecule has 0 radical (unpaired) electrons. The number of aromatic amines is 1. The van der Waals surface area contributed by atoms with Crippen molar-refractivity contribution in [3.8, 4) is 0 Å². The summed E-state index contributed by atoms with van der Waals surface area (Å²) in [6.07, 6.45) is 3.44. The highest BCUT2D eigenvalue weighted by molar-refractivity contribution is 4.87. The number of hydrogen-bond acceptors (Lipinski definition) is 6. The SMILES string of the molecule is CN1CCNCC1.CN1CCOCC1.CN=[N+](N)N.Cc1cnc[nH]1. The van der Waals surface area contributed by atoms with Gasteiger partial charge in [-0.25, -0.2) is 4.98 Å². The maximum Gasteiger partial charge on any atom is 0.107 e. The molecule has 0 atom stereocenters. The Bertz CT molecular complexity index is 393. The van der Waals surface area contributed by atoms with E-state index in [1.807, 2.05) is 6.92 Å². The minimum atomic E-state index is 0.750. The van der Waals surface area contributed by atoms with Crippen LogP contribution in [0, 0.1) is 6.92 Å². The lowest BCUT2D eigenvalue weighted by Gasteiger charge is -2.21. The zero-order valence-electron chi connectivity index (χ0n) is 16.1. The van der Waals surface area contributed by atoms with Crippen LogP contribution in [-0.4, -0.2) is 98.3 Å². The smallest absolute Gasteiger partial charge is 0.107 e. The molecule has 0 aliphatic carbocycles. The summed E-state index contributed by atoms with van der Waals surface area (Å²) < 4.78 is 5.10. The number of nitrogens with two attached hydrogens (primary N) is 2. The number of ether oxygens (including phenoxy) is 1. The predicted molar refractivity (Wildman–Crippen MR) is 99.0 cm³/mol. The zero-order valence-corrected chi connectivity index (χ0v) is 16.1. The average Bonchev–Trinajstić information content (AvgIpc) is 3.09. The summed E-state index contributed by atoms with van der Waals surface area (Å²) in [5, 5.41) is 6.55. The molecule has 0 unspecified atom stereocenters. The lowest BCUT2D eigenvalue weighted by atomic mass is 10.4. The molecule has 146 valence electrons. The summed E-state index contributed by atoms with van der Waals surface area (Å²) in [7, 11) is 5.77. The molecule has 0 saturated carbocycles. The minimum Gasteiger partial charge on any atom is -0.379 e. The van der Waals surface area contributed by atoms with Gasteiger partial charge in [-0.05, 0) is 21.0 Å². The Balaban J connectivity index is 0.000000310. The fraction of sp³-hybridized carbons (Fsp3) is 0.800. The fourth-order valence-electron chi connectivity index (χ4n) is 1.76. The number of piperazine rings is 1. The Labute approximate surface area is 151 Å². The van der Waals surface area contributed by atoms with Gasteiger partial charge in [-0.2, -0.15) is 11.7 Å². The summed E-state index contributed by atoms with van der Waals surface area (Å²) in [5.74, 6) is 9.47. The second-order valence-electron chi connectivity index (χ2n) is 5.78. The molecule has 2 aliphatic rings. The molecule has 25 heavy (non-hydrogen) atoms. The van der Waals surface area contributed by atoms with E-state index in [0.29, 0.717) is 0 Å². The van der Waals surface area contributed by atoms with Crippen molar-refractivity contribution >= 4 is 0 Å². The van der Waals surface area contributed by atoms with Gasteiger partial charge in [-0.15, -0.1) is 0 Å². The summed E-state index contributed by atoms with van der Waals surface area (Å²) >= 11 is 0. The molecule has 10 heteroatoms. The standard InChI is InChI=1S/C5H12N2.C5H11NO.C4H6N2.CH7N4/c1-7-4-2-6-3-5-7;1-6-2-4-7-5-3-6;1-4-2-5-3-6-4;1-4-5(2)3/h6H,2-5H2,1H3;2-5H2,1H3;2-3H,1H3,(H,5,6);1H3,(H4,2,3,4)/q;;;+1. The third-order valence-electron chi connectivity index (χ3n) is 3.44. The molecule has 2 saturated heterocycles. The van der Waals surface area contributed by atoms with Gasteiger partial charge in [0.1, 0.15) is 4.92 Å². The van der Waals surface area contributed by atoms with E-state index in [1.54, 1.807) is 12.5 Å². The fourth-order valence-corrected chi connectivity index (χ4v) is 1.76. The van der Waals surface area contributed by atoms with Crippen molar-refractivity contribution in [3.05, 3.63) is 18.2 Å². The molecule has 1 aromatic heterocycles. The first-order valence-corrected chi connectivity index (χ1v) is 8.45. The van der Waals surface area contributed by atoms with Gasteiger partial charge in [0.2, 0.25) is 0 Å². The minimum absolute atomic E-state index is 0.750. The molecule has 2 aliphatic heterocycles. The molecule has 0 spiro atoms. The quantitative estimate of drug-likeness (QED) is 0.203. The number of aromatic nitrogens is 2. The van der Waals surface area contributed by atoms with Crippen LogP contribution in [0.15, 0.2) is 17.6 Å². The van der Waals surface area contributed by atoms with Crippen LogP contribution in [0.4, 0.5) is 0 Å². The van der Waals surface area contributed by atoms with E-state index in [4.69, 9.17) is 16.4 Å². The molecular formula is C15H36N9O+. The van der Waals surface area contributed by atoms with Crippen LogP contribution in [-0.2, 0) is 4.74 Å². The Morgan fingerprint density at radius 2 is 1.64 bits per heavy atom. The third kappa shape index (κ3) is 16.9. The molecule has 6 N–H and O–H groups in total. The van der Waals surface area contributed by atoms with Gasteiger partial charge in [-0.1, -0.05) is 0 Å². The van der Waals surface area contributed by atoms with Gasteiger partial charge >= 0.3 is 0 Å².